The Morgan fingerprint density at radius 3 is 0.771 bits per heavy atom. The Kier molecular flexibility index (Phi) is 10.7. The van der Waals surface area contributed by atoms with Crippen LogP contribution in [-0.2, 0) is 13.7 Å². The number of rotatable bonds is 6. The Bertz CT molecular complexity index is 3440. The summed E-state index contributed by atoms with van der Waals surface area (Å²) in [5, 5.41) is 5.22. The second-order valence-corrected chi connectivity index (χ2v) is 27.1. The molecule has 3 aliphatic heterocycles. The lowest BCUT2D eigenvalue weighted by Gasteiger charge is -2.27. The molecule has 0 aromatic heterocycles. The van der Waals surface area contributed by atoms with E-state index in [0.717, 1.165) is 116 Å². The van der Waals surface area contributed by atoms with Crippen LogP contribution in [-0.4, -0.2) is 20.0 Å². The molecular weight excluding hydrogens is 912 g/mol. The molecule has 7 heteroatoms. The topological polar surface area (TPSA) is 54.5 Å². The van der Waals surface area contributed by atoms with Crippen LogP contribution in [0.25, 0.3) is 34.9 Å². The van der Waals surface area contributed by atoms with Crippen LogP contribution >= 0.6 is 21.4 Å². The summed E-state index contributed by atoms with van der Waals surface area (Å²) >= 11 is 0. The van der Waals surface area contributed by atoms with Crippen LogP contribution in [0.3, 0.4) is 0 Å². The predicted octanol–water partition coefficient (Wildman–Crippen LogP) is 13.7. The van der Waals surface area contributed by atoms with E-state index in [1.165, 1.54) is 0 Å². The summed E-state index contributed by atoms with van der Waals surface area (Å²) in [7, 11) is -8.65. The average molecular weight is 960 g/mol. The van der Waals surface area contributed by atoms with Gasteiger partial charge in [-0.1, -0.05) is 182 Å². The largest absolute Gasteiger partial charge is 0.314 e. The van der Waals surface area contributed by atoms with Gasteiger partial charge in [-0.2, -0.15) is 0 Å². The summed E-state index contributed by atoms with van der Waals surface area (Å²) in [4.78, 5) is 2.28. The van der Waals surface area contributed by atoms with E-state index in [1.807, 2.05) is 129 Å². The third-order valence-corrected chi connectivity index (χ3v) is 22.3. The maximum atomic E-state index is 14.6. The third-order valence-electron chi connectivity index (χ3n) is 14.4. The zero-order chi connectivity index (χ0) is 47.8. The second-order valence-electron chi connectivity index (χ2n) is 18.7. The molecule has 0 amide bonds. The fourth-order valence-corrected chi connectivity index (χ4v) is 17.7. The van der Waals surface area contributed by atoms with Gasteiger partial charge in [0.15, 0.2) is 0 Å². The van der Waals surface area contributed by atoms with Gasteiger partial charge in [0, 0.05) is 48.9 Å². The first-order valence-electron chi connectivity index (χ1n) is 23.6. The van der Waals surface area contributed by atoms with Crippen molar-refractivity contribution in [2.45, 2.75) is 0 Å². The molecule has 12 rings (SSSR count). The van der Waals surface area contributed by atoms with Crippen LogP contribution in [0.1, 0.15) is 50.1 Å². The number of fused-ring (bicyclic) bond motifs is 6. The molecule has 4 nitrogen and oxygen atoms in total. The molecule has 0 aliphatic carbocycles. The van der Waals surface area contributed by atoms with Crippen molar-refractivity contribution in [3.8, 4) is 0 Å². The summed E-state index contributed by atoms with van der Waals surface area (Å²) in [6, 6.07) is 74.5. The molecule has 9 aromatic rings. The molecule has 3 atom stereocenters. The number of nitrogens with zero attached hydrogens (tertiary/aromatic N) is 1. The van der Waals surface area contributed by atoms with E-state index in [2.05, 4.69) is 132 Å². The van der Waals surface area contributed by atoms with Crippen molar-refractivity contribution in [2.24, 2.45) is 0 Å². The molecule has 0 bridgehead atoms. The minimum absolute atomic E-state index is 0.866. The highest BCUT2D eigenvalue weighted by Gasteiger charge is 2.33. The van der Waals surface area contributed by atoms with Crippen LogP contribution in [0.15, 0.2) is 218 Å². The molecule has 0 saturated heterocycles. The lowest BCUT2D eigenvalue weighted by Crippen LogP contribution is -2.18. The van der Waals surface area contributed by atoms with Crippen molar-refractivity contribution in [3.63, 3.8) is 0 Å². The zero-order valence-corrected chi connectivity index (χ0v) is 41.7. The van der Waals surface area contributed by atoms with Crippen molar-refractivity contribution in [1.82, 2.24) is 0 Å². The predicted molar refractivity (Wildman–Crippen MR) is 299 cm³/mol. The number of benzene rings is 9. The molecule has 338 valence electrons. The van der Waals surface area contributed by atoms with Gasteiger partial charge in [0.2, 0.25) is 0 Å². The second kappa shape index (κ2) is 17.0. The number of anilines is 3. The van der Waals surface area contributed by atoms with Crippen molar-refractivity contribution < 1.29 is 13.7 Å². The van der Waals surface area contributed by atoms with Gasteiger partial charge in [-0.05, 0) is 141 Å². The van der Waals surface area contributed by atoms with Gasteiger partial charge in [-0.15, -0.1) is 0 Å². The Morgan fingerprint density at radius 1 is 0.271 bits per heavy atom. The number of hydrogen-bond donors (Lipinski definition) is 0. The molecule has 9 aromatic carbocycles. The lowest BCUT2D eigenvalue weighted by atomic mass is 9.94. The standard InChI is InChI=1S/C63H48NO3P3/c1-68(65)58-22-10-4-16-46(58)40-55(52-19-7-13-25-61(52)68)43-28-34-49(35-29-43)64(50-36-30-44(31-37-50)56-41-47-17-5-11-23-59(47)69(2,66)62-26-14-8-20-53(56)62)51-38-32-45(33-39-51)57-42-48-18-6-12-24-60(48)70(3,67)63-27-15-9-21-54(57)63/h4-42H,1-3H3. The first-order valence-corrected chi connectivity index (χ1v) is 30.0. The minimum atomic E-state index is -2.88. The Hall–Kier alpha value is -7.31. The monoisotopic (exact) mass is 959 g/mol. The maximum absolute atomic E-state index is 14.6. The van der Waals surface area contributed by atoms with E-state index in [1.54, 1.807) is 0 Å². The summed E-state index contributed by atoms with van der Waals surface area (Å²) in [6.45, 7) is 5.66. The Labute approximate surface area is 410 Å². The molecular formula is C63H48NO3P3. The van der Waals surface area contributed by atoms with Crippen LogP contribution in [0, 0.1) is 0 Å². The van der Waals surface area contributed by atoms with Gasteiger partial charge in [0.1, 0.15) is 21.4 Å². The fourth-order valence-electron chi connectivity index (χ4n) is 10.8. The molecule has 0 spiro atoms. The third kappa shape index (κ3) is 7.25. The molecule has 3 aliphatic rings. The first kappa shape index (κ1) is 43.9. The van der Waals surface area contributed by atoms with Crippen molar-refractivity contribution in [1.29, 1.82) is 0 Å². The Morgan fingerprint density at radius 2 is 0.500 bits per heavy atom. The molecule has 70 heavy (non-hydrogen) atoms. The van der Waals surface area contributed by atoms with E-state index in [9.17, 15) is 13.7 Å². The van der Waals surface area contributed by atoms with Crippen LogP contribution < -0.4 is 36.7 Å². The van der Waals surface area contributed by atoms with Crippen molar-refractivity contribution in [2.75, 3.05) is 24.9 Å². The molecule has 3 heterocycles. The van der Waals surface area contributed by atoms with Crippen LogP contribution in [0.5, 0.6) is 0 Å². The van der Waals surface area contributed by atoms with E-state index in [0.29, 0.717) is 0 Å². The van der Waals surface area contributed by atoms with Gasteiger partial charge in [-0.25, -0.2) is 0 Å². The van der Waals surface area contributed by atoms with Gasteiger partial charge >= 0.3 is 0 Å². The molecule has 0 radical (unpaired) electrons. The van der Waals surface area contributed by atoms with E-state index in [-0.39, 0.29) is 0 Å². The smallest absolute Gasteiger partial charge is 0.141 e. The highest BCUT2D eigenvalue weighted by molar-refractivity contribution is 7.79. The Balaban J connectivity index is 0.985. The fraction of sp³-hybridized carbons (Fsp3) is 0.0476. The summed E-state index contributed by atoms with van der Waals surface area (Å²) in [5.74, 6) is 0. The average Bonchev–Trinajstić information content (AvgIpc) is 3.62. The quantitative estimate of drug-likeness (QED) is 0.156. The first-order chi connectivity index (χ1) is 34.0. The summed E-state index contributed by atoms with van der Waals surface area (Å²) < 4.78 is 43.9. The minimum Gasteiger partial charge on any atom is -0.314 e. The van der Waals surface area contributed by atoms with Crippen LogP contribution in [0.4, 0.5) is 17.1 Å². The summed E-state index contributed by atoms with van der Waals surface area (Å²) in [6.07, 6.45) is 6.57. The van der Waals surface area contributed by atoms with Gasteiger partial charge in [0.25, 0.3) is 0 Å². The van der Waals surface area contributed by atoms with Crippen LogP contribution in [0.2, 0.25) is 0 Å². The molecule has 0 saturated carbocycles. The summed E-state index contributed by atoms with van der Waals surface area (Å²) in [5.41, 5.74) is 14.9. The molecule has 0 N–H and O–H groups in total. The normalized spacial score (nSPS) is 19.7. The van der Waals surface area contributed by atoms with Gasteiger partial charge in [-0.3, -0.25) is 0 Å². The van der Waals surface area contributed by atoms with E-state index in [4.69, 9.17) is 0 Å². The van der Waals surface area contributed by atoms with E-state index >= 15 is 0 Å². The van der Waals surface area contributed by atoms with Gasteiger partial charge in [0.05, 0.1) is 0 Å². The van der Waals surface area contributed by atoms with Crippen molar-refractivity contribution >= 4 is 105 Å². The SMILES string of the molecule is CP1(=O)c2ccccc2C=C(c2ccc(N(c3ccc(C4=Cc5ccccc5P(C)(=O)c5ccccc54)cc3)c3ccc(C4=Cc5ccccc5P(C)(=O)c5ccccc54)cc3)cc2)c2ccccc21. The molecule has 0 fully saturated rings. The van der Waals surface area contributed by atoms with Crippen molar-refractivity contribution in [3.05, 3.63) is 268 Å². The maximum Gasteiger partial charge on any atom is 0.141 e. The van der Waals surface area contributed by atoms with E-state index < -0.39 is 21.4 Å². The highest BCUT2D eigenvalue weighted by Crippen LogP contribution is 2.49. The van der Waals surface area contributed by atoms with Gasteiger partial charge < -0.3 is 18.6 Å². The lowest BCUT2D eigenvalue weighted by molar-refractivity contribution is 0.589. The highest BCUT2D eigenvalue weighted by atomic mass is 31.2. The number of hydrogen-bond acceptors (Lipinski definition) is 4. The molecule has 3 unspecified atom stereocenters. The zero-order valence-electron chi connectivity index (χ0n) is 39.0.